The summed E-state index contributed by atoms with van der Waals surface area (Å²) in [5.74, 6) is 0.436. The molecule has 142 valence electrons. The first-order chi connectivity index (χ1) is 12.9. The molecule has 6 nitrogen and oxygen atoms in total. The van der Waals surface area contributed by atoms with Gasteiger partial charge in [-0.05, 0) is 48.9 Å². The van der Waals surface area contributed by atoms with E-state index >= 15 is 0 Å². The van der Waals surface area contributed by atoms with Crippen LogP contribution in [-0.4, -0.2) is 32.0 Å². The number of rotatable bonds is 8. The van der Waals surface area contributed by atoms with E-state index in [0.717, 1.165) is 16.9 Å². The Morgan fingerprint density at radius 3 is 2.37 bits per heavy atom. The number of nitrogens with zero attached hydrogens (tertiary/aromatic N) is 1. The second-order valence-electron chi connectivity index (χ2n) is 6.27. The first kappa shape index (κ1) is 20.0. The van der Waals surface area contributed by atoms with E-state index in [4.69, 9.17) is 4.74 Å². The van der Waals surface area contributed by atoms with E-state index in [2.05, 4.69) is 17.2 Å². The number of hydrogen-bond acceptors (Lipinski definition) is 4. The molecule has 0 aliphatic rings. The van der Waals surface area contributed by atoms with Crippen LogP contribution < -0.4 is 20.3 Å². The minimum atomic E-state index is -0.183. The van der Waals surface area contributed by atoms with Gasteiger partial charge in [-0.3, -0.25) is 9.59 Å². The predicted octanol–water partition coefficient (Wildman–Crippen LogP) is 3.67. The number of ether oxygens (including phenoxy) is 1. The standard InChI is InChI=1S/C21H25N3O3/c1-15(2)14-27-20-8-6-5-7-19(20)22-13-21(26)23-17-9-11-18(12-10-17)24(4)16(3)25/h5-12,22H,1,13-14H2,2-4H3,(H,23,26). The second-order valence-corrected chi connectivity index (χ2v) is 6.27. The summed E-state index contributed by atoms with van der Waals surface area (Å²) in [6.07, 6.45) is 0. The first-order valence-corrected chi connectivity index (χ1v) is 8.61. The molecule has 0 aromatic heterocycles. The van der Waals surface area contributed by atoms with Gasteiger partial charge < -0.3 is 20.3 Å². The van der Waals surface area contributed by atoms with Crippen molar-refractivity contribution in [3.05, 3.63) is 60.7 Å². The number of hydrogen-bond donors (Lipinski definition) is 2. The largest absolute Gasteiger partial charge is 0.487 e. The smallest absolute Gasteiger partial charge is 0.243 e. The third-order valence-electron chi connectivity index (χ3n) is 3.81. The van der Waals surface area contributed by atoms with E-state index < -0.39 is 0 Å². The summed E-state index contributed by atoms with van der Waals surface area (Å²) in [6.45, 7) is 7.73. The second kappa shape index (κ2) is 9.43. The van der Waals surface area contributed by atoms with Crippen molar-refractivity contribution in [2.75, 3.05) is 35.7 Å². The summed E-state index contributed by atoms with van der Waals surface area (Å²) in [5.41, 5.74) is 3.09. The fraction of sp³-hybridized carbons (Fsp3) is 0.238. The van der Waals surface area contributed by atoms with E-state index in [9.17, 15) is 9.59 Å². The van der Waals surface area contributed by atoms with Crippen LogP contribution in [-0.2, 0) is 9.59 Å². The Morgan fingerprint density at radius 1 is 1.07 bits per heavy atom. The molecule has 0 radical (unpaired) electrons. The summed E-state index contributed by atoms with van der Waals surface area (Å²) < 4.78 is 5.68. The number of nitrogens with one attached hydrogen (secondary N) is 2. The van der Waals surface area contributed by atoms with Gasteiger partial charge in [-0.15, -0.1) is 0 Å². The molecule has 0 bridgehead atoms. The van der Waals surface area contributed by atoms with E-state index in [1.54, 1.807) is 31.3 Å². The maximum atomic E-state index is 12.2. The van der Waals surface area contributed by atoms with Crippen molar-refractivity contribution in [2.45, 2.75) is 13.8 Å². The van der Waals surface area contributed by atoms with E-state index in [1.165, 1.54) is 11.8 Å². The lowest BCUT2D eigenvalue weighted by atomic mass is 10.2. The fourth-order valence-corrected chi connectivity index (χ4v) is 2.27. The lowest BCUT2D eigenvalue weighted by molar-refractivity contribution is -0.116. The van der Waals surface area contributed by atoms with Crippen LogP contribution in [0.2, 0.25) is 0 Å². The molecular weight excluding hydrogens is 342 g/mol. The molecule has 6 heteroatoms. The zero-order valence-corrected chi connectivity index (χ0v) is 15.9. The maximum Gasteiger partial charge on any atom is 0.243 e. The van der Waals surface area contributed by atoms with Crippen LogP contribution in [0.4, 0.5) is 17.1 Å². The highest BCUT2D eigenvalue weighted by Crippen LogP contribution is 2.24. The molecular formula is C21H25N3O3. The molecule has 0 aliphatic heterocycles. The summed E-state index contributed by atoms with van der Waals surface area (Å²) >= 11 is 0. The van der Waals surface area contributed by atoms with Crippen molar-refractivity contribution in [1.29, 1.82) is 0 Å². The zero-order valence-electron chi connectivity index (χ0n) is 15.9. The molecule has 0 saturated heterocycles. The van der Waals surface area contributed by atoms with Gasteiger partial charge in [0.05, 0.1) is 12.2 Å². The third-order valence-corrected chi connectivity index (χ3v) is 3.81. The van der Waals surface area contributed by atoms with Crippen molar-refractivity contribution in [3.63, 3.8) is 0 Å². The monoisotopic (exact) mass is 367 g/mol. The van der Waals surface area contributed by atoms with Gasteiger partial charge in [-0.1, -0.05) is 18.7 Å². The van der Waals surface area contributed by atoms with Crippen LogP contribution >= 0.6 is 0 Å². The average molecular weight is 367 g/mol. The molecule has 0 aliphatic carbocycles. The van der Waals surface area contributed by atoms with Gasteiger partial charge in [0.2, 0.25) is 11.8 Å². The highest BCUT2D eigenvalue weighted by Gasteiger charge is 2.08. The Bertz CT molecular complexity index is 816. The Morgan fingerprint density at radius 2 is 1.74 bits per heavy atom. The van der Waals surface area contributed by atoms with Crippen LogP contribution in [0, 0.1) is 0 Å². The van der Waals surface area contributed by atoms with Crippen LogP contribution in [0.5, 0.6) is 5.75 Å². The van der Waals surface area contributed by atoms with Gasteiger partial charge in [-0.2, -0.15) is 0 Å². The highest BCUT2D eigenvalue weighted by atomic mass is 16.5. The normalized spacial score (nSPS) is 10.0. The number of benzene rings is 2. The number of para-hydroxylation sites is 2. The first-order valence-electron chi connectivity index (χ1n) is 8.61. The Hall–Kier alpha value is -3.28. The van der Waals surface area contributed by atoms with Crippen LogP contribution in [0.15, 0.2) is 60.7 Å². The van der Waals surface area contributed by atoms with Crippen molar-refractivity contribution in [2.24, 2.45) is 0 Å². The molecule has 2 aromatic rings. The van der Waals surface area contributed by atoms with Crippen molar-refractivity contribution in [3.8, 4) is 5.75 Å². The molecule has 27 heavy (non-hydrogen) atoms. The predicted molar refractivity (Wildman–Crippen MR) is 109 cm³/mol. The lowest BCUT2D eigenvalue weighted by Gasteiger charge is -2.16. The van der Waals surface area contributed by atoms with Gasteiger partial charge in [0.1, 0.15) is 12.4 Å². The van der Waals surface area contributed by atoms with Crippen LogP contribution in [0.25, 0.3) is 0 Å². The van der Waals surface area contributed by atoms with Gasteiger partial charge in [0.15, 0.2) is 0 Å². The Balaban J connectivity index is 1.91. The summed E-state index contributed by atoms with van der Waals surface area (Å²) in [7, 11) is 1.70. The molecule has 2 aromatic carbocycles. The van der Waals surface area contributed by atoms with E-state index in [1.807, 2.05) is 31.2 Å². The molecule has 0 unspecified atom stereocenters. The summed E-state index contributed by atoms with van der Waals surface area (Å²) in [4.78, 5) is 25.1. The summed E-state index contributed by atoms with van der Waals surface area (Å²) in [6, 6.07) is 14.5. The minimum Gasteiger partial charge on any atom is -0.487 e. The van der Waals surface area contributed by atoms with Crippen molar-refractivity contribution >= 4 is 28.9 Å². The average Bonchev–Trinajstić information content (AvgIpc) is 2.65. The summed E-state index contributed by atoms with van der Waals surface area (Å²) in [5, 5.41) is 5.90. The molecule has 0 atom stereocenters. The quantitative estimate of drug-likeness (QED) is 0.699. The Kier molecular flexibility index (Phi) is 7.00. The van der Waals surface area contributed by atoms with Crippen molar-refractivity contribution in [1.82, 2.24) is 0 Å². The van der Waals surface area contributed by atoms with E-state index in [0.29, 0.717) is 18.0 Å². The zero-order chi connectivity index (χ0) is 19.8. The van der Waals surface area contributed by atoms with Crippen LogP contribution in [0.1, 0.15) is 13.8 Å². The van der Waals surface area contributed by atoms with Gasteiger partial charge in [0.25, 0.3) is 0 Å². The molecule has 0 heterocycles. The molecule has 2 N–H and O–H groups in total. The highest BCUT2D eigenvalue weighted by molar-refractivity contribution is 5.95. The van der Waals surface area contributed by atoms with Gasteiger partial charge in [0, 0.05) is 25.3 Å². The molecule has 2 rings (SSSR count). The Labute approximate surface area is 159 Å². The maximum absolute atomic E-state index is 12.2. The number of amides is 2. The van der Waals surface area contributed by atoms with Gasteiger partial charge in [-0.25, -0.2) is 0 Å². The minimum absolute atomic E-state index is 0.0523. The third kappa shape index (κ3) is 6.18. The number of carbonyl (C=O) groups excluding carboxylic acids is 2. The molecule has 2 amide bonds. The van der Waals surface area contributed by atoms with Gasteiger partial charge >= 0.3 is 0 Å². The SMILES string of the molecule is C=C(C)COc1ccccc1NCC(=O)Nc1ccc(N(C)C(C)=O)cc1. The number of anilines is 3. The topological polar surface area (TPSA) is 70.7 Å². The lowest BCUT2D eigenvalue weighted by Crippen LogP contribution is -2.23. The fourth-order valence-electron chi connectivity index (χ4n) is 2.27. The molecule has 0 spiro atoms. The molecule has 0 fully saturated rings. The van der Waals surface area contributed by atoms with Crippen molar-refractivity contribution < 1.29 is 14.3 Å². The van der Waals surface area contributed by atoms with Crippen LogP contribution in [0.3, 0.4) is 0 Å². The molecule has 0 saturated carbocycles. The van der Waals surface area contributed by atoms with E-state index in [-0.39, 0.29) is 18.4 Å². The number of carbonyl (C=O) groups is 2.